The summed E-state index contributed by atoms with van der Waals surface area (Å²) in [5.41, 5.74) is 5.80. The standard InChI is InChI=1S/C21H26N2O/c1-14(2)18-10-7-8-15(3)21(18)22-20(24)13-23-16(4)12-17-9-5-6-11-19(17)23/h5-11,14,16H,12-13H2,1-4H3,(H,22,24)/t16-/m1/s1. The maximum absolute atomic E-state index is 12.7. The van der Waals surface area contributed by atoms with E-state index in [4.69, 9.17) is 0 Å². The molecule has 0 saturated carbocycles. The van der Waals surface area contributed by atoms with Crippen LogP contribution in [0.4, 0.5) is 11.4 Å². The second-order valence-corrected chi connectivity index (χ2v) is 7.05. The number of carbonyl (C=O) groups excluding carboxylic acids is 1. The molecular formula is C21H26N2O. The highest BCUT2D eigenvalue weighted by Crippen LogP contribution is 2.32. The Morgan fingerprint density at radius 3 is 2.71 bits per heavy atom. The minimum Gasteiger partial charge on any atom is -0.359 e. The van der Waals surface area contributed by atoms with E-state index in [2.05, 4.69) is 74.3 Å². The molecule has 0 radical (unpaired) electrons. The first-order valence-electron chi connectivity index (χ1n) is 8.71. The molecule has 0 spiro atoms. The van der Waals surface area contributed by atoms with Crippen molar-refractivity contribution in [1.29, 1.82) is 0 Å². The van der Waals surface area contributed by atoms with Crippen molar-refractivity contribution in [2.24, 2.45) is 0 Å². The molecule has 1 heterocycles. The number of anilines is 2. The Kier molecular flexibility index (Phi) is 4.61. The number of carbonyl (C=O) groups is 1. The van der Waals surface area contributed by atoms with Crippen molar-refractivity contribution in [2.75, 3.05) is 16.8 Å². The van der Waals surface area contributed by atoms with Gasteiger partial charge in [-0.15, -0.1) is 0 Å². The highest BCUT2D eigenvalue weighted by atomic mass is 16.2. The molecule has 1 atom stereocenters. The highest BCUT2D eigenvalue weighted by Gasteiger charge is 2.27. The summed E-state index contributed by atoms with van der Waals surface area (Å²) in [4.78, 5) is 14.9. The first-order valence-corrected chi connectivity index (χ1v) is 8.71. The van der Waals surface area contributed by atoms with Gasteiger partial charge >= 0.3 is 0 Å². The maximum atomic E-state index is 12.7. The third-order valence-electron chi connectivity index (χ3n) is 4.85. The quantitative estimate of drug-likeness (QED) is 0.898. The number of hydrogen-bond acceptors (Lipinski definition) is 2. The molecule has 1 N–H and O–H groups in total. The second-order valence-electron chi connectivity index (χ2n) is 7.05. The van der Waals surface area contributed by atoms with E-state index in [-0.39, 0.29) is 5.91 Å². The molecule has 1 aliphatic heterocycles. The van der Waals surface area contributed by atoms with Crippen LogP contribution < -0.4 is 10.2 Å². The summed E-state index contributed by atoms with van der Waals surface area (Å²) in [7, 11) is 0. The van der Waals surface area contributed by atoms with Crippen LogP contribution in [0.5, 0.6) is 0 Å². The third-order valence-corrected chi connectivity index (χ3v) is 4.85. The van der Waals surface area contributed by atoms with E-state index in [1.54, 1.807) is 0 Å². The highest BCUT2D eigenvalue weighted by molar-refractivity contribution is 5.96. The molecule has 0 saturated heterocycles. The molecule has 3 rings (SSSR count). The number of para-hydroxylation sites is 2. The van der Waals surface area contributed by atoms with Crippen LogP contribution in [0.3, 0.4) is 0 Å². The predicted octanol–water partition coefficient (Wildman–Crippen LogP) is 4.51. The van der Waals surface area contributed by atoms with E-state index >= 15 is 0 Å². The van der Waals surface area contributed by atoms with E-state index in [1.807, 2.05) is 6.07 Å². The van der Waals surface area contributed by atoms with Gasteiger partial charge in [0.1, 0.15) is 0 Å². The van der Waals surface area contributed by atoms with E-state index in [9.17, 15) is 4.79 Å². The fraction of sp³-hybridized carbons (Fsp3) is 0.381. The summed E-state index contributed by atoms with van der Waals surface area (Å²) in [5, 5.41) is 3.16. The summed E-state index contributed by atoms with van der Waals surface area (Å²) in [6.07, 6.45) is 1.01. The third kappa shape index (κ3) is 3.16. The summed E-state index contributed by atoms with van der Waals surface area (Å²) in [6, 6.07) is 14.9. The normalized spacial score (nSPS) is 16.4. The molecule has 2 aromatic carbocycles. The number of nitrogens with zero attached hydrogens (tertiary/aromatic N) is 1. The Labute approximate surface area is 144 Å². The zero-order valence-corrected chi connectivity index (χ0v) is 15.0. The van der Waals surface area contributed by atoms with Crippen LogP contribution in [0.1, 0.15) is 43.4 Å². The smallest absolute Gasteiger partial charge is 0.243 e. The first-order chi connectivity index (χ1) is 11.5. The molecule has 1 amide bonds. The number of benzene rings is 2. The Morgan fingerprint density at radius 2 is 1.96 bits per heavy atom. The van der Waals surface area contributed by atoms with Crippen molar-refractivity contribution >= 4 is 17.3 Å². The fourth-order valence-electron chi connectivity index (χ4n) is 3.55. The molecular weight excluding hydrogens is 296 g/mol. The summed E-state index contributed by atoms with van der Waals surface area (Å²) in [5.74, 6) is 0.432. The predicted molar refractivity (Wildman–Crippen MR) is 101 cm³/mol. The van der Waals surface area contributed by atoms with Crippen molar-refractivity contribution in [1.82, 2.24) is 0 Å². The van der Waals surface area contributed by atoms with E-state index in [1.165, 1.54) is 16.8 Å². The Balaban J connectivity index is 1.78. The monoisotopic (exact) mass is 322 g/mol. The van der Waals surface area contributed by atoms with Crippen molar-refractivity contribution in [2.45, 2.75) is 46.1 Å². The maximum Gasteiger partial charge on any atom is 0.243 e. The first kappa shape index (κ1) is 16.6. The van der Waals surface area contributed by atoms with Gasteiger partial charge in [-0.2, -0.15) is 0 Å². The minimum atomic E-state index is 0.0507. The molecule has 126 valence electrons. The summed E-state index contributed by atoms with van der Waals surface area (Å²) >= 11 is 0. The number of aryl methyl sites for hydroxylation is 1. The number of amides is 1. The molecule has 3 heteroatoms. The molecule has 2 aromatic rings. The zero-order valence-electron chi connectivity index (χ0n) is 15.0. The van der Waals surface area contributed by atoms with Gasteiger partial charge < -0.3 is 10.2 Å². The van der Waals surface area contributed by atoms with Gasteiger partial charge in [-0.1, -0.05) is 50.2 Å². The van der Waals surface area contributed by atoms with Crippen LogP contribution in [0.25, 0.3) is 0 Å². The molecule has 0 bridgehead atoms. The van der Waals surface area contributed by atoms with Crippen molar-refractivity contribution in [3.63, 3.8) is 0 Å². The summed E-state index contributed by atoms with van der Waals surface area (Å²) in [6.45, 7) is 8.94. The van der Waals surface area contributed by atoms with Gasteiger partial charge in [-0.3, -0.25) is 4.79 Å². The number of fused-ring (bicyclic) bond motifs is 1. The van der Waals surface area contributed by atoms with Crippen LogP contribution in [-0.4, -0.2) is 18.5 Å². The molecule has 24 heavy (non-hydrogen) atoms. The van der Waals surface area contributed by atoms with Crippen molar-refractivity contribution in [3.05, 3.63) is 59.2 Å². The van der Waals surface area contributed by atoms with Crippen LogP contribution in [0.15, 0.2) is 42.5 Å². The van der Waals surface area contributed by atoms with Gasteiger partial charge in [0, 0.05) is 17.4 Å². The average molecular weight is 322 g/mol. The largest absolute Gasteiger partial charge is 0.359 e. The van der Waals surface area contributed by atoms with Crippen LogP contribution in [0, 0.1) is 6.92 Å². The van der Waals surface area contributed by atoms with Gasteiger partial charge in [0.05, 0.1) is 6.54 Å². The minimum absolute atomic E-state index is 0.0507. The van der Waals surface area contributed by atoms with Crippen LogP contribution >= 0.6 is 0 Å². The Morgan fingerprint density at radius 1 is 1.21 bits per heavy atom. The Bertz CT molecular complexity index is 751. The van der Waals surface area contributed by atoms with Gasteiger partial charge in [0.2, 0.25) is 5.91 Å². The van der Waals surface area contributed by atoms with Crippen LogP contribution in [0.2, 0.25) is 0 Å². The molecule has 0 aromatic heterocycles. The van der Waals surface area contributed by atoms with E-state index in [0.29, 0.717) is 18.5 Å². The number of hydrogen-bond donors (Lipinski definition) is 1. The average Bonchev–Trinajstić information content (AvgIpc) is 2.85. The number of rotatable bonds is 4. The van der Waals surface area contributed by atoms with Gasteiger partial charge in [-0.25, -0.2) is 0 Å². The molecule has 1 aliphatic rings. The SMILES string of the molecule is Cc1cccc(C(C)C)c1NC(=O)CN1c2ccccc2C[C@H]1C. The lowest BCUT2D eigenvalue weighted by Crippen LogP contribution is -2.37. The molecule has 3 nitrogen and oxygen atoms in total. The lowest BCUT2D eigenvalue weighted by Gasteiger charge is -2.25. The van der Waals surface area contributed by atoms with Crippen molar-refractivity contribution < 1.29 is 4.79 Å². The van der Waals surface area contributed by atoms with E-state index in [0.717, 1.165) is 17.7 Å². The fourth-order valence-corrected chi connectivity index (χ4v) is 3.55. The molecule has 0 aliphatic carbocycles. The topological polar surface area (TPSA) is 32.3 Å². The zero-order chi connectivity index (χ0) is 17.3. The molecule has 0 fully saturated rings. The van der Waals surface area contributed by atoms with Crippen LogP contribution in [-0.2, 0) is 11.2 Å². The Hall–Kier alpha value is -2.29. The van der Waals surface area contributed by atoms with Crippen molar-refractivity contribution in [3.8, 4) is 0 Å². The second kappa shape index (κ2) is 6.68. The van der Waals surface area contributed by atoms with E-state index < -0.39 is 0 Å². The van der Waals surface area contributed by atoms with Gasteiger partial charge in [0.15, 0.2) is 0 Å². The molecule has 0 unspecified atom stereocenters. The lowest BCUT2D eigenvalue weighted by molar-refractivity contribution is -0.115. The number of nitrogens with one attached hydrogen (secondary N) is 1. The van der Waals surface area contributed by atoms with Gasteiger partial charge in [0.25, 0.3) is 0 Å². The van der Waals surface area contributed by atoms with Gasteiger partial charge in [-0.05, 0) is 48.9 Å². The summed E-state index contributed by atoms with van der Waals surface area (Å²) < 4.78 is 0. The lowest BCUT2D eigenvalue weighted by atomic mass is 9.98.